The Morgan fingerprint density at radius 1 is 1.33 bits per heavy atom. The number of amides is 1. The molecular weight excluding hydrogens is 272 g/mol. The summed E-state index contributed by atoms with van der Waals surface area (Å²) in [5.41, 5.74) is 0.843. The first-order valence-electron chi connectivity index (χ1n) is 6.61. The van der Waals surface area contributed by atoms with Gasteiger partial charge in [0.05, 0.1) is 5.92 Å². The van der Waals surface area contributed by atoms with Crippen molar-refractivity contribution >= 4 is 11.9 Å². The van der Waals surface area contributed by atoms with E-state index in [0.29, 0.717) is 17.7 Å². The maximum absolute atomic E-state index is 12.0. The molecule has 6 nitrogen and oxygen atoms in total. The molecule has 2 rings (SSSR count). The van der Waals surface area contributed by atoms with E-state index in [1.54, 1.807) is 24.3 Å². The van der Waals surface area contributed by atoms with Gasteiger partial charge in [0.1, 0.15) is 5.76 Å². The lowest BCUT2D eigenvalue weighted by Gasteiger charge is -2.13. The first-order chi connectivity index (χ1) is 10.1. The number of hydrogen-bond acceptors (Lipinski definition) is 4. The second-order valence-electron chi connectivity index (χ2n) is 4.49. The van der Waals surface area contributed by atoms with Crippen LogP contribution in [0.5, 0.6) is 0 Å². The lowest BCUT2D eigenvalue weighted by atomic mass is 9.99. The Kier molecular flexibility index (Phi) is 4.71. The van der Waals surface area contributed by atoms with Gasteiger partial charge in [-0.15, -0.1) is 0 Å². The molecule has 0 bridgehead atoms. The Hall–Kier alpha value is -2.63. The van der Waals surface area contributed by atoms with E-state index in [0.717, 1.165) is 0 Å². The normalized spacial score (nSPS) is 11.9. The Morgan fingerprint density at radius 2 is 2.05 bits per heavy atom. The minimum absolute atomic E-state index is 0.00576. The SMILES string of the molecule is CCc1ocnc1C(=O)NCC(C(=O)O)c1ccccc1. The summed E-state index contributed by atoms with van der Waals surface area (Å²) in [5, 5.41) is 11.9. The predicted octanol–water partition coefficient (Wildman–Crippen LogP) is 1.84. The molecule has 1 atom stereocenters. The van der Waals surface area contributed by atoms with Crippen LogP contribution in [-0.2, 0) is 11.2 Å². The zero-order valence-electron chi connectivity index (χ0n) is 11.6. The maximum atomic E-state index is 12.0. The van der Waals surface area contributed by atoms with E-state index >= 15 is 0 Å². The van der Waals surface area contributed by atoms with Crippen LogP contribution in [0.15, 0.2) is 41.1 Å². The average Bonchev–Trinajstić information content (AvgIpc) is 2.96. The number of aromatic nitrogens is 1. The molecule has 6 heteroatoms. The van der Waals surface area contributed by atoms with Gasteiger partial charge in [-0.25, -0.2) is 4.98 Å². The number of nitrogens with zero attached hydrogens (tertiary/aromatic N) is 1. The highest BCUT2D eigenvalue weighted by Gasteiger charge is 2.22. The van der Waals surface area contributed by atoms with Crippen LogP contribution < -0.4 is 5.32 Å². The Balaban J connectivity index is 2.06. The maximum Gasteiger partial charge on any atom is 0.312 e. The average molecular weight is 288 g/mol. The van der Waals surface area contributed by atoms with Gasteiger partial charge in [-0.2, -0.15) is 0 Å². The third-order valence-corrected chi connectivity index (χ3v) is 3.14. The molecule has 0 spiro atoms. The van der Waals surface area contributed by atoms with Gasteiger partial charge in [0.15, 0.2) is 12.1 Å². The van der Waals surface area contributed by atoms with Crippen molar-refractivity contribution in [3.05, 3.63) is 53.7 Å². The molecule has 21 heavy (non-hydrogen) atoms. The highest BCUT2D eigenvalue weighted by Crippen LogP contribution is 2.15. The van der Waals surface area contributed by atoms with Crippen molar-refractivity contribution in [1.29, 1.82) is 0 Å². The number of carbonyl (C=O) groups is 2. The highest BCUT2D eigenvalue weighted by molar-refractivity contribution is 5.93. The monoisotopic (exact) mass is 288 g/mol. The van der Waals surface area contributed by atoms with Gasteiger partial charge < -0.3 is 14.8 Å². The van der Waals surface area contributed by atoms with E-state index in [1.807, 2.05) is 13.0 Å². The van der Waals surface area contributed by atoms with E-state index in [-0.39, 0.29) is 12.2 Å². The van der Waals surface area contributed by atoms with Crippen molar-refractivity contribution in [2.45, 2.75) is 19.3 Å². The topological polar surface area (TPSA) is 92.4 Å². The van der Waals surface area contributed by atoms with Crippen LogP contribution >= 0.6 is 0 Å². The number of carboxylic acid groups (broad SMARTS) is 1. The number of carboxylic acids is 1. The van der Waals surface area contributed by atoms with Crippen LogP contribution in [0.2, 0.25) is 0 Å². The fourth-order valence-corrected chi connectivity index (χ4v) is 2.02. The zero-order chi connectivity index (χ0) is 15.2. The van der Waals surface area contributed by atoms with Crippen molar-refractivity contribution < 1.29 is 19.1 Å². The number of aliphatic carboxylic acids is 1. The molecule has 0 saturated heterocycles. The van der Waals surface area contributed by atoms with E-state index < -0.39 is 17.8 Å². The molecule has 1 unspecified atom stereocenters. The van der Waals surface area contributed by atoms with Crippen LogP contribution in [0.4, 0.5) is 0 Å². The number of hydrogen-bond donors (Lipinski definition) is 2. The number of rotatable bonds is 6. The molecule has 0 aliphatic carbocycles. The summed E-state index contributed by atoms with van der Waals surface area (Å²) in [6.45, 7) is 1.84. The lowest BCUT2D eigenvalue weighted by molar-refractivity contribution is -0.138. The number of oxazole rings is 1. The minimum Gasteiger partial charge on any atom is -0.481 e. The van der Waals surface area contributed by atoms with E-state index in [1.165, 1.54) is 6.39 Å². The fourth-order valence-electron chi connectivity index (χ4n) is 2.02. The van der Waals surface area contributed by atoms with Gasteiger partial charge >= 0.3 is 5.97 Å². The molecule has 1 aromatic carbocycles. The Bertz CT molecular complexity index is 622. The second-order valence-corrected chi connectivity index (χ2v) is 4.49. The molecular formula is C15H16N2O4. The molecule has 110 valence electrons. The zero-order valence-corrected chi connectivity index (χ0v) is 11.6. The van der Waals surface area contributed by atoms with Gasteiger partial charge in [0.2, 0.25) is 0 Å². The molecule has 1 heterocycles. The number of benzene rings is 1. The number of nitrogens with one attached hydrogen (secondary N) is 1. The summed E-state index contributed by atoms with van der Waals surface area (Å²) in [7, 11) is 0. The highest BCUT2D eigenvalue weighted by atomic mass is 16.4. The number of carbonyl (C=O) groups excluding carboxylic acids is 1. The first-order valence-corrected chi connectivity index (χ1v) is 6.61. The van der Waals surface area contributed by atoms with Crippen molar-refractivity contribution in [3.8, 4) is 0 Å². The molecule has 1 aromatic heterocycles. The van der Waals surface area contributed by atoms with Gasteiger partial charge in [-0.3, -0.25) is 9.59 Å². The van der Waals surface area contributed by atoms with Gasteiger partial charge in [-0.1, -0.05) is 37.3 Å². The van der Waals surface area contributed by atoms with Gasteiger partial charge in [-0.05, 0) is 5.56 Å². The quantitative estimate of drug-likeness (QED) is 0.846. The molecule has 0 radical (unpaired) electrons. The molecule has 1 amide bonds. The van der Waals surface area contributed by atoms with Crippen molar-refractivity contribution in [2.24, 2.45) is 0 Å². The van der Waals surface area contributed by atoms with Crippen LogP contribution in [0.25, 0.3) is 0 Å². The fraction of sp³-hybridized carbons (Fsp3) is 0.267. The van der Waals surface area contributed by atoms with Crippen LogP contribution in [0.3, 0.4) is 0 Å². The predicted molar refractivity (Wildman–Crippen MR) is 75.0 cm³/mol. The lowest BCUT2D eigenvalue weighted by Crippen LogP contribution is -2.32. The van der Waals surface area contributed by atoms with E-state index in [9.17, 15) is 14.7 Å². The minimum atomic E-state index is -0.989. The standard InChI is InChI=1S/C15H16N2O4/c1-2-12-13(17-9-21-12)14(18)16-8-11(15(19)20)10-6-4-3-5-7-10/h3-7,9,11H,2,8H2,1H3,(H,16,18)(H,19,20). The van der Waals surface area contributed by atoms with Gasteiger partial charge in [0, 0.05) is 13.0 Å². The Labute approximate surface area is 121 Å². The second kappa shape index (κ2) is 6.69. The largest absolute Gasteiger partial charge is 0.481 e. The third-order valence-electron chi connectivity index (χ3n) is 3.14. The van der Waals surface area contributed by atoms with E-state index in [4.69, 9.17) is 4.42 Å². The molecule has 2 N–H and O–H groups in total. The van der Waals surface area contributed by atoms with Crippen LogP contribution in [0.1, 0.15) is 34.7 Å². The molecule has 0 aliphatic rings. The summed E-state index contributed by atoms with van der Waals surface area (Å²) in [6.07, 6.45) is 1.75. The number of aryl methyl sites for hydroxylation is 1. The van der Waals surface area contributed by atoms with Gasteiger partial charge in [0.25, 0.3) is 5.91 Å². The Morgan fingerprint density at radius 3 is 2.67 bits per heavy atom. The summed E-state index contributed by atoms with van der Waals surface area (Å²) in [6, 6.07) is 8.78. The van der Waals surface area contributed by atoms with Crippen LogP contribution in [0, 0.1) is 0 Å². The first kappa shape index (κ1) is 14.8. The summed E-state index contributed by atoms with van der Waals surface area (Å²) >= 11 is 0. The van der Waals surface area contributed by atoms with E-state index in [2.05, 4.69) is 10.3 Å². The smallest absolute Gasteiger partial charge is 0.312 e. The summed E-state index contributed by atoms with van der Waals surface area (Å²) < 4.78 is 5.09. The molecule has 0 fully saturated rings. The third kappa shape index (κ3) is 3.47. The summed E-state index contributed by atoms with van der Waals surface area (Å²) in [5.74, 6) is -1.73. The molecule has 0 saturated carbocycles. The molecule has 0 aliphatic heterocycles. The van der Waals surface area contributed by atoms with Crippen molar-refractivity contribution in [3.63, 3.8) is 0 Å². The van der Waals surface area contributed by atoms with Crippen molar-refractivity contribution in [2.75, 3.05) is 6.54 Å². The molecule has 2 aromatic rings. The van der Waals surface area contributed by atoms with Crippen molar-refractivity contribution in [1.82, 2.24) is 10.3 Å². The summed E-state index contributed by atoms with van der Waals surface area (Å²) in [4.78, 5) is 27.2. The van der Waals surface area contributed by atoms with Crippen LogP contribution in [-0.4, -0.2) is 28.5 Å².